The smallest absolute Gasteiger partial charge is 0.243 e. The van der Waals surface area contributed by atoms with Gasteiger partial charge >= 0.3 is 0 Å². The number of ether oxygens (including phenoxy) is 3. The molecule has 4 rings (SSSR count). The Morgan fingerprint density at radius 3 is 2.13 bits per heavy atom. The Hall–Kier alpha value is -4.29. The van der Waals surface area contributed by atoms with E-state index in [1.165, 1.54) is 11.8 Å². The van der Waals surface area contributed by atoms with Crippen molar-refractivity contribution in [3.8, 4) is 0 Å². The summed E-state index contributed by atoms with van der Waals surface area (Å²) in [5.41, 5.74) is 7.69. The number of carbonyl (C=O) groups excluding carboxylic acids is 8. The molecule has 488 valence electrons. The Kier molecular flexibility index (Phi) is 36.7. The van der Waals surface area contributed by atoms with Crippen molar-refractivity contribution in [2.45, 2.75) is 196 Å². The third-order valence-electron chi connectivity index (χ3n) is 14.9. The second-order valence-corrected chi connectivity index (χ2v) is 26.2. The number of aliphatic hydroxyl groups excluding tert-OH is 2. The first-order valence-electron chi connectivity index (χ1n) is 30.9. The van der Waals surface area contributed by atoms with E-state index in [0.717, 1.165) is 36.1 Å². The van der Waals surface area contributed by atoms with Gasteiger partial charge in [-0.25, -0.2) is 0 Å². The third kappa shape index (κ3) is 30.3. The largest absolute Gasteiger partial charge is 0.379 e. The number of amides is 8. The second kappa shape index (κ2) is 42.6. The predicted octanol–water partition coefficient (Wildman–Crippen LogP) is 1.38. The average molecular weight is 1270 g/mol. The first-order chi connectivity index (χ1) is 41.3. The first-order valence-corrected chi connectivity index (χ1v) is 34.2. The quantitative estimate of drug-likeness (QED) is 0.0337. The average Bonchev–Trinajstić information content (AvgIpc) is 2.60. The Bertz CT molecular complexity index is 2230. The Morgan fingerprint density at radius 2 is 1.43 bits per heavy atom. The summed E-state index contributed by atoms with van der Waals surface area (Å²) in [5.74, 6) is -0.460. The molecule has 24 nitrogen and oxygen atoms in total. The monoisotopic (exact) mass is 1270 g/mol. The van der Waals surface area contributed by atoms with Crippen LogP contribution in [-0.2, 0) is 64.1 Å². The van der Waals surface area contributed by atoms with Crippen molar-refractivity contribution in [1.29, 1.82) is 0 Å². The summed E-state index contributed by atoms with van der Waals surface area (Å²) in [6.07, 6.45) is 5.45. The van der Waals surface area contributed by atoms with Crippen LogP contribution in [0.4, 0.5) is 0 Å². The van der Waals surface area contributed by atoms with Gasteiger partial charge in [-0.2, -0.15) is 35.3 Å². The highest BCUT2D eigenvalue weighted by atomic mass is 32.2. The predicted molar refractivity (Wildman–Crippen MR) is 336 cm³/mol. The minimum atomic E-state index is -0.999. The lowest BCUT2D eigenvalue weighted by molar-refractivity contribution is -0.135. The van der Waals surface area contributed by atoms with Gasteiger partial charge in [0, 0.05) is 91.7 Å². The summed E-state index contributed by atoms with van der Waals surface area (Å²) in [6, 6.07) is 4.03. The maximum atomic E-state index is 14.1. The maximum absolute atomic E-state index is 14.1. The topological polar surface area (TPSA) is 351 Å². The van der Waals surface area contributed by atoms with Crippen LogP contribution >= 0.6 is 35.3 Å². The van der Waals surface area contributed by atoms with E-state index >= 15 is 0 Å². The minimum absolute atomic E-state index is 0.00438. The number of nitrogens with two attached hydrogens (primary N) is 1. The third-order valence-corrected chi connectivity index (χ3v) is 18.6. The van der Waals surface area contributed by atoms with Gasteiger partial charge in [0.1, 0.15) is 36.4 Å². The molecule has 3 unspecified atom stereocenters. The van der Waals surface area contributed by atoms with E-state index in [0.29, 0.717) is 133 Å². The number of hydrogen-bond donors (Lipinski definition) is 13. The van der Waals surface area contributed by atoms with Crippen molar-refractivity contribution in [2.75, 3.05) is 76.5 Å². The van der Waals surface area contributed by atoms with E-state index in [1.54, 1.807) is 18.7 Å². The molecule has 2 saturated heterocycles. The fourth-order valence-electron chi connectivity index (χ4n) is 9.84. The van der Waals surface area contributed by atoms with Crippen LogP contribution in [0.25, 0.3) is 0 Å². The molecule has 1 aromatic rings. The van der Waals surface area contributed by atoms with Gasteiger partial charge < -0.3 is 67.4 Å². The SMILES string of the molecule is CC[C@H](C)[C@@H]1NC(=O)[C@H](CC(C)C)NC(=O)[C@H](C)NC(=O)CCSCc2cccc(c2)CSC[C@@H](C(=O)NCCCOCCOCCOCCCNC(O)CCC(=O)N[C@@H](CCCCNC(=O)CCCC[C@@H]2SC[C@@H]3NC(O)NC32)C(N)=O)NC1=O. The van der Waals surface area contributed by atoms with Crippen LogP contribution in [0.15, 0.2) is 24.3 Å². The number of fused-ring (bicyclic) bond motifs is 3. The molecule has 3 aliphatic heterocycles. The molecule has 0 aliphatic carbocycles. The summed E-state index contributed by atoms with van der Waals surface area (Å²) in [7, 11) is 0. The molecular formula is C59H101N11O13S3. The molecule has 0 saturated carbocycles. The molecule has 8 amide bonds. The van der Waals surface area contributed by atoms with E-state index < -0.39 is 72.3 Å². The zero-order valence-corrected chi connectivity index (χ0v) is 53.7. The zero-order valence-electron chi connectivity index (χ0n) is 51.2. The number of aliphatic hydroxyl groups is 2. The molecule has 3 heterocycles. The van der Waals surface area contributed by atoms with Crippen LogP contribution in [-0.4, -0.2) is 194 Å². The van der Waals surface area contributed by atoms with Crippen LogP contribution in [0, 0.1) is 11.8 Å². The maximum Gasteiger partial charge on any atom is 0.243 e. The van der Waals surface area contributed by atoms with Crippen molar-refractivity contribution < 1.29 is 62.8 Å². The molecule has 2 bridgehead atoms. The van der Waals surface area contributed by atoms with Crippen LogP contribution in [0.5, 0.6) is 0 Å². The van der Waals surface area contributed by atoms with E-state index in [1.807, 2.05) is 57.7 Å². The van der Waals surface area contributed by atoms with Gasteiger partial charge in [0.15, 0.2) is 6.35 Å². The molecule has 86 heavy (non-hydrogen) atoms. The Morgan fingerprint density at radius 1 is 0.744 bits per heavy atom. The summed E-state index contributed by atoms with van der Waals surface area (Å²) in [5, 5.41) is 49.7. The normalized spacial score (nSPS) is 23.7. The Balaban J connectivity index is 1.05. The van der Waals surface area contributed by atoms with Crippen LogP contribution < -0.4 is 58.9 Å². The van der Waals surface area contributed by atoms with Gasteiger partial charge in [0.2, 0.25) is 47.3 Å². The lowest BCUT2D eigenvalue weighted by Gasteiger charge is -2.29. The van der Waals surface area contributed by atoms with Gasteiger partial charge in [-0.1, -0.05) is 64.8 Å². The number of nitrogens with one attached hydrogen (secondary N) is 10. The van der Waals surface area contributed by atoms with Gasteiger partial charge in [0.25, 0.3) is 0 Å². The van der Waals surface area contributed by atoms with Crippen molar-refractivity contribution in [2.24, 2.45) is 17.6 Å². The van der Waals surface area contributed by atoms with Crippen LogP contribution in [0.2, 0.25) is 0 Å². The number of benzene rings is 1. The van der Waals surface area contributed by atoms with Crippen molar-refractivity contribution in [3.63, 3.8) is 0 Å². The first kappa shape index (κ1) is 74.2. The van der Waals surface area contributed by atoms with Gasteiger partial charge in [0.05, 0.1) is 26.4 Å². The molecular weight excluding hydrogens is 1170 g/mol. The molecule has 1 aromatic carbocycles. The van der Waals surface area contributed by atoms with Crippen LogP contribution in [0.3, 0.4) is 0 Å². The second-order valence-electron chi connectivity index (χ2n) is 22.7. The summed E-state index contributed by atoms with van der Waals surface area (Å²) < 4.78 is 17.0. The molecule has 0 spiro atoms. The van der Waals surface area contributed by atoms with Crippen molar-refractivity contribution >= 4 is 82.5 Å². The molecule has 2 fully saturated rings. The number of hydrogen-bond acceptors (Lipinski definition) is 19. The Labute approximate surface area is 521 Å². The highest BCUT2D eigenvalue weighted by molar-refractivity contribution is 8.00. The number of rotatable bonds is 35. The van der Waals surface area contributed by atoms with E-state index in [2.05, 4.69) is 59.2 Å². The summed E-state index contributed by atoms with van der Waals surface area (Å²) in [4.78, 5) is 105. The lowest BCUT2D eigenvalue weighted by Crippen LogP contribution is -2.60. The fourth-order valence-corrected chi connectivity index (χ4v) is 13.3. The van der Waals surface area contributed by atoms with Gasteiger partial charge in [-0.3, -0.25) is 54.3 Å². The van der Waals surface area contributed by atoms with Crippen molar-refractivity contribution in [1.82, 2.24) is 53.2 Å². The van der Waals surface area contributed by atoms with E-state index in [4.69, 9.17) is 19.9 Å². The minimum Gasteiger partial charge on any atom is -0.379 e. The lowest BCUT2D eigenvalue weighted by atomic mass is 9.96. The molecule has 3 aliphatic rings. The molecule has 11 atom stereocenters. The van der Waals surface area contributed by atoms with E-state index in [9.17, 15) is 48.6 Å². The number of carbonyl (C=O) groups is 8. The van der Waals surface area contributed by atoms with Crippen LogP contribution in [0.1, 0.15) is 136 Å². The summed E-state index contributed by atoms with van der Waals surface area (Å²) >= 11 is 5.01. The molecule has 14 N–H and O–H groups in total. The van der Waals surface area contributed by atoms with Gasteiger partial charge in [-0.05, 0) is 94.2 Å². The number of primary amides is 1. The zero-order chi connectivity index (χ0) is 62.6. The van der Waals surface area contributed by atoms with Gasteiger partial charge in [-0.15, -0.1) is 0 Å². The fraction of sp³-hybridized carbons (Fsp3) is 0.763. The van der Waals surface area contributed by atoms with E-state index in [-0.39, 0.29) is 66.7 Å². The molecule has 0 aromatic heterocycles. The highest BCUT2D eigenvalue weighted by Crippen LogP contribution is 2.33. The number of unbranched alkanes of at least 4 members (excludes halogenated alkanes) is 2. The number of thioether (sulfide) groups is 3. The summed E-state index contributed by atoms with van der Waals surface area (Å²) in [6.45, 7) is 12.5. The van der Waals surface area contributed by atoms with Crippen molar-refractivity contribution in [3.05, 3.63) is 35.4 Å². The molecule has 0 radical (unpaired) electrons. The standard InChI is InChI=1S/C59H101N11O13S3/c1-6-39(4)52-58(79)67-46(36-85-35-42-15-11-14-41(33-42)34-84-31-21-51(74)64-40(5)55(76)66-44(32-38(2)3)57(78)69-52)56(77)63-24-13-26-82-28-30-83-29-27-81-25-12-23-62-49(72)19-20-50(73)65-43(54(60)75)16-9-10-22-61-48(71)18-8-7-17-47-53-45(37-86-47)68-59(80)70-53/h11,14-15,33,38-40,43-47,49,52-53,59,62,68,70,72,80H,6-10,12-13,16-32,34-37H2,1-5H3,(H2,60,75)(H,61,71)(H,63,77)(H,64,74)(H,65,73)(H,66,76)(H,67,79)(H,69,78)/t39-,40-,43-,44-,45-,46-,47-,49?,52-,53?,59?/m0/s1. The highest BCUT2D eigenvalue weighted by Gasteiger charge is 2.42. The molecule has 27 heteroatoms.